The fourth-order valence-corrected chi connectivity index (χ4v) is 1.69. The fraction of sp³-hybridized carbons (Fsp3) is 0.462. The monoisotopic (exact) mass is 266 g/mol. The van der Waals surface area contributed by atoms with Crippen molar-refractivity contribution < 1.29 is 19.4 Å². The number of hydrogen-bond acceptors (Lipinski definition) is 4. The Balaban J connectivity index is 2.66. The predicted molar refractivity (Wildman–Crippen MR) is 69.2 cm³/mol. The van der Waals surface area contributed by atoms with E-state index < -0.39 is 5.97 Å². The molecule has 0 aliphatic heterocycles. The number of pyridine rings is 1. The topological polar surface area (TPSA) is 88.5 Å². The number of ether oxygens (including phenoxy) is 1. The van der Waals surface area contributed by atoms with Gasteiger partial charge in [0, 0.05) is 18.3 Å². The molecule has 0 saturated carbocycles. The Labute approximate surface area is 111 Å². The average molecular weight is 266 g/mol. The van der Waals surface area contributed by atoms with Crippen LogP contribution in [0.5, 0.6) is 5.88 Å². The van der Waals surface area contributed by atoms with E-state index in [0.717, 1.165) is 6.42 Å². The summed E-state index contributed by atoms with van der Waals surface area (Å²) in [5.41, 5.74) is 0.382. The number of carboxylic acid groups (broad SMARTS) is 1. The zero-order valence-electron chi connectivity index (χ0n) is 11.0. The molecule has 104 valence electrons. The van der Waals surface area contributed by atoms with Crippen LogP contribution < -0.4 is 10.1 Å². The van der Waals surface area contributed by atoms with Crippen LogP contribution in [-0.2, 0) is 4.79 Å². The van der Waals surface area contributed by atoms with E-state index in [2.05, 4.69) is 10.3 Å². The second kappa shape index (κ2) is 7.35. The molecule has 0 aromatic carbocycles. The first-order valence-corrected chi connectivity index (χ1v) is 6.09. The lowest BCUT2D eigenvalue weighted by atomic mass is 10.1. The van der Waals surface area contributed by atoms with Crippen LogP contribution in [0, 0.1) is 0 Å². The number of hydrogen-bond donors (Lipinski definition) is 2. The first kappa shape index (κ1) is 14.9. The molecule has 1 atom stereocenters. The fourth-order valence-electron chi connectivity index (χ4n) is 1.69. The van der Waals surface area contributed by atoms with Crippen molar-refractivity contribution in [2.24, 2.45) is 0 Å². The Morgan fingerprint density at radius 3 is 2.68 bits per heavy atom. The van der Waals surface area contributed by atoms with Gasteiger partial charge in [-0.1, -0.05) is 13.3 Å². The molecule has 0 radical (unpaired) electrons. The van der Waals surface area contributed by atoms with Crippen LogP contribution in [0.15, 0.2) is 18.3 Å². The Hall–Kier alpha value is -2.11. The smallest absolute Gasteiger partial charge is 0.305 e. The van der Waals surface area contributed by atoms with Crippen LogP contribution >= 0.6 is 0 Å². The van der Waals surface area contributed by atoms with Gasteiger partial charge in [0.25, 0.3) is 5.91 Å². The molecular weight excluding hydrogens is 248 g/mol. The number of amides is 1. The second-order valence-corrected chi connectivity index (χ2v) is 4.15. The molecule has 0 bridgehead atoms. The van der Waals surface area contributed by atoms with Gasteiger partial charge in [-0.25, -0.2) is 4.98 Å². The highest BCUT2D eigenvalue weighted by Gasteiger charge is 2.16. The SMILES string of the molecule is CCCC(CC(=O)O)NC(=O)c1ccc(OC)nc1. The van der Waals surface area contributed by atoms with E-state index in [9.17, 15) is 9.59 Å². The van der Waals surface area contributed by atoms with Crippen LogP contribution in [0.1, 0.15) is 36.5 Å². The third-order valence-corrected chi connectivity index (χ3v) is 2.60. The quantitative estimate of drug-likeness (QED) is 0.780. The maximum atomic E-state index is 11.9. The standard InChI is InChI=1S/C13H18N2O4/c1-3-4-10(7-12(16)17)15-13(18)9-5-6-11(19-2)14-8-9/h5-6,8,10H,3-4,7H2,1-2H3,(H,15,18)(H,16,17). The van der Waals surface area contributed by atoms with Crippen molar-refractivity contribution in [3.63, 3.8) is 0 Å². The van der Waals surface area contributed by atoms with Gasteiger partial charge in [0.1, 0.15) is 0 Å². The van der Waals surface area contributed by atoms with Crippen LogP contribution in [0.25, 0.3) is 0 Å². The van der Waals surface area contributed by atoms with Gasteiger partial charge in [0.15, 0.2) is 0 Å². The molecular formula is C13H18N2O4. The van der Waals surface area contributed by atoms with Crippen molar-refractivity contribution in [2.45, 2.75) is 32.2 Å². The van der Waals surface area contributed by atoms with Crippen molar-refractivity contribution in [1.29, 1.82) is 0 Å². The van der Waals surface area contributed by atoms with Gasteiger partial charge in [-0.3, -0.25) is 9.59 Å². The molecule has 0 spiro atoms. The maximum Gasteiger partial charge on any atom is 0.305 e. The number of rotatable bonds is 7. The molecule has 0 saturated heterocycles. The van der Waals surface area contributed by atoms with Gasteiger partial charge < -0.3 is 15.2 Å². The summed E-state index contributed by atoms with van der Waals surface area (Å²) in [5, 5.41) is 11.5. The van der Waals surface area contributed by atoms with Gasteiger partial charge in [-0.05, 0) is 12.5 Å². The zero-order chi connectivity index (χ0) is 14.3. The highest BCUT2D eigenvalue weighted by atomic mass is 16.5. The summed E-state index contributed by atoms with van der Waals surface area (Å²) in [6.45, 7) is 1.94. The van der Waals surface area contributed by atoms with E-state index in [4.69, 9.17) is 9.84 Å². The molecule has 19 heavy (non-hydrogen) atoms. The summed E-state index contributed by atoms with van der Waals surface area (Å²) in [4.78, 5) is 26.6. The Bertz CT molecular complexity index is 431. The minimum absolute atomic E-state index is 0.0802. The minimum atomic E-state index is -0.924. The normalized spacial score (nSPS) is 11.7. The van der Waals surface area contributed by atoms with E-state index in [1.165, 1.54) is 13.3 Å². The second-order valence-electron chi connectivity index (χ2n) is 4.15. The molecule has 2 N–H and O–H groups in total. The Morgan fingerprint density at radius 2 is 2.21 bits per heavy atom. The summed E-state index contributed by atoms with van der Waals surface area (Å²) in [7, 11) is 1.49. The highest BCUT2D eigenvalue weighted by Crippen LogP contribution is 2.08. The first-order chi connectivity index (χ1) is 9.06. The Kier molecular flexibility index (Phi) is 5.78. The molecule has 1 unspecified atom stereocenters. The lowest BCUT2D eigenvalue weighted by Gasteiger charge is -2.16. The van der Waals surface area contributed by atoms with Gasteiger partial charge in [-0.15, -0.1) is 0 Å². The molecule has 6 heteroatoms. The molecule has 1 rings (SSSR count). The largest absolute Gasteiger partial charge is 0.481 e. The number of methoxy groups -OCH3 is 1. The first-order valence-electron chi connectivity index (χ1n) is 6.09. The number of nitrogens with zero attached hydrogens (tertiary/aromatic N) is 1. The molecule has 1 aromatic heterocycles. The van der Waals surface area contributed by atoms with Crippen LogP contribution in [-0.4, -0.2) is 35.1 Å². The van der Waals surface area contributed by atoms with E-state index in [1.807, 2.05) is 6.92 Å². The summed E-state index contributed by atoms with van der Waals surface area (Å²) in [6.07, 6.45) is 2.75. The van der Waals surface area contributed by atoms with Gasteiger partial charge >= 0.3 is 5.97 Å². The molecule has 0 aliphatic carbocycles. The van der Waals surface area contributed by atoms with Gasteiger partial charge in [0.2, 0.25) is 5.88 Å². The Morgan fingerprint density at radius 1 is 1.47 bits per heavy atom. The van der Waals surface area contributed by atoms with E-state index in [-0.39, 0.29) is 18.4 Å². The maximum absolute atomic E-state index is 11.9. The lowest BCUT2D eigenvalue weighted by Crippen LogP contribution is -2.36. The summed E-state index contributed by atoms with van der Waals surface area (Å²) >= 11 is 0. The molecule has 0 fully saturated rings. The number of carbonyl (C=O) groups is 2. The number of nitrogens with one attached hydrogen (secondary N) is 1. The van der Waals surface area contributed by atoms with Crippen molar-refractivity contribution in [3.05, 3.63) is 23.9 Å². The lowest BCUT2D eigenvalue weighted by molar-refractivity contribution is -0.137. The van der Waals surface area contributed by atoms with Crippen molar-refractivity contribution >= 4 is 11.9 Å². The zero-order valence-corrected chi connectivity index (χ0v) is 11.0. The molecule has 1 aromatic rings. The number of carboxylic acids is 1. The van der Waals surface area contributed by atoms with Crippen LogP contribution in [0.2, 0.25) is 0 Å². The van der Waals surface area contributed by atoms with E-state index >= 15 is 0 Å². The predicted octanol–water partition coefficient (Wildman–Crippen LogP) is 1.46. The third kappa shape index (κ3) is 4.95. The average Bonchev–Trinajstić information content (AvgIpc) is 2.38. The number of aromatic nitrogens is 1. The van der Waals surface area contributed by atoms with Crippen molar-refractivity contribution in [1.82, 2.24) is 10.3 Å². The van der Waals surface area contributed by atoms with Crippen LogP contribution in [0.4, 0.5) is 0 Å². The van der Waals surface area contributed by atoms with E-state index in [1.54, 1.807) is 12.1 Å². The number of aliphatic carboxylic acids is 1. The molecule has 1 heterocycles. The third-order valence-electron chi connectivity index (χ3n) is 2.60. The summed E-state index contributed by atoms with van der Waals surface area (Å²) < 4.78 is 4.90. The van der Waals surface area contributed by atoms with E-state index in [0.29, 0.717) is 17.9 Å². The molecule has 1 amide bonds. The highest BCUT2D eigenvalue weighted by molar-refractivity contribution is 5.94. The van der Waals surface area contributed by atoms with Crippen molar-refractivity contribution in [3.8, 4) is 5.88 Å². The van der Waals surface area contributed by atoms with Gasteiger partial charge in [-0.2, -0.15) is 0 Å². The number of carbonyl (C=O) groups excluding carboxylic acids is 1. The summed E-state index contributed by atoms with van der Waals surface area (Å²) in [5.74, 6) is -0.825. The van der Waals surface area contributed by atoms with Gasteiger partial charge in [0.05, 0.1) is 19.1 Å². The van der Waals surface area contributed by atoms with Crippen molar-refractivity contribution in [2.75, 3.05) is 7.11 Å². The molecule has 0 aliphatic rings. The summed E-state index contributed by atoms with van der Waals surface area (Å²) in [6, 6.07) is 2.81. The molecule has 6 nitrogen and oxygen atoms in total. The minimum Gasteiger partial charge on any atom is -0.481 e. The van der Waals surface area contributed by atoms with Crippen LogP contribution in [0.3, 0.4) is 0 Å².